The molecule has 0 radical (unpaired) electrons. The van der Waals surface area contributed by atoms with Crippen molar-refractivity contribution >= 4 is 0 Å². The van der Waals surface area contributed by atoms with Crippen LogP contribution in [0.2, 0.25) is 0 Å². The van der Waals surface area contributed by atoms with Crippen molar-refractivity contribution in [3.8, 4) is 0 Å². The average molecular weight is 247 g/mol. The van der Waals surface area contributed by atoms with Crippen molar-refractivity contribution in [3.05, 3.63) is 12.5 Å². The van der Waals surface area contributed by atoms with Crippen LogP contribution >= 0.6 is 0 Å². The van der Waals surface area contributed by atoms with E-state index < -0.39 is 0 Å². The summed E-state index contributed by atoms with van der Waals surface area (Å²) in [7, 11) is 0. The molecule has 100 valence electrons. The lowest BCUT2D eigenvalue weighted by Gasteiger charge is -2.16. The molecule has 2 N–H and O–H groups in total. The molecule has 0 saturated carbocycles. The summed E-state index contributed by atoms with van der Waals surface area (Å²) >= 11 is 0. The van der Waals surface area contributed by atoms with Crippen LogP contribution in [0.1, 0.15) is 0 Å². The number of nitrogens with two attached hydrogens (primary N) is 1. The fourth-order valence-electron chi connectivity index (χ4n) is 1.20. The Balaban J connectivity index is 2.22. The Morgan fingerprint density at radius 2 is 1.53 bits per heavy atom. The lowest BCUT2D eigenvalue weighted by molar-refractivity contribution is -0.0403. The van der Waals surface area contributed by atoms with E-state index >= 15 is 0 Å². The molecule has 0 bridgehead atoms. The van der Waals surface area contributed by atoms with E-state index in [0.717, 1.165) is 0 Å². The molecule has 0 spiro atoms. The summed E-state index contributed by atoms with van der Waals surface area (Å²) in [5.74, 6) is 0. The first kappa shape index (κ1) is 14.2. The Bertz CT molecular complexity index is 200. The number of hydrogen-bond donors (Lipinski definition) is 1. The van der Waals surface area contributed by atoms with Gasteiger partial charge in [-0.15, -0.1) is 0 Å². The van der Waals surface area contributed by atoms with Gasteiger partial charge in [0.1, 0.15) is 25.7 Å². The first-order chi connectivity index (χ1) is 8.43. The molecule has 1 rings (SSSR count). The van der Waals surface area contributed by atoms with Gasteiger partial charge in [-0.1, -0.05) is 0 Å². The quantitative estimate of drug-likeness (QED) is 0.696. The summed E-state index contributed by atoms with van der Waals surface area (Å²) in [5.41, 5.74) is 5.56. The molecule has 0 aromatic carbocycles. The van der Waals surface area contributed by atoms with Gasteiger partial charge >= 0.3 is 0 Å². The smallest absolute Gasteiger partial charge is 0.117 e. The van der Waals surface area contributed by atoms with Gasteiger partial charge in [0.15, 0.2) is 0 Å². The monoisotopic (exact) mass is 247 g/mol. The highest BCUT2D eigenvalue weighted by Gasteiger charge is 2.06. The van der Waals surface area contributed by atoms with Gasteiger partial charge in [0.05, 0.1) is 39.1 Å². The van der Waals surface area contributed by atoms with Gasteiger partial charge in [-0.3, -0.25) is 0 Å². The third-order valence-corrected chi connectivity index (χ3v) is 2.09. The molecule has 0 aromatic rings. The van der Waals surface area contributed by atoms with Gasteiger partial charge in [-0.05, 0) is 0 Å². The second kappa shape index (κ2) is 10.3. The molecule has 1 aliphatic heterocycles. The van der Waals surface area contributed by atoms with Crippen molar-refractivity contribution in [1.29, 1.82) is 0 Å². The van der Waals surface area contributed by atoms with E-state index in [0.29, 0.717) is 52.8 Å². The zero-order chi connectivity index (χ0) is 12.2. The maximum Gasteiger partial charge on any atom is 0.117 e. The van der Waals surface area contributed by atoms with E-state index in [-0.39, 0.29) is 6.10 Å². The minimum atomic E-state index is -0.0875. The molecule has 0 fully saturated rings. The molecule has 1 aliphatic rings. The van der Waals surface area contributed by atoms with E-state index in [2.05, 4.69) is 0 Å². The van der Waals surface area contributed by atoms with Crippen LogP contribution in [0.25, 0.3) is 0 Å². The molecule has 0 aromatic heterocycles. The molecular weight excluding hydrogens is 226 g/mol. The standard InChI is InChI=1S/C11H21NO5/c12-9-11-10-16-6-5-14-2-1-13-3-4-15-7-8-17-11/h1-2,11H,3-10,12H2/b2-1-. The van der Waals surface area contributed by atoms with Gasteiger partial charge in [0.2, 0.25) is 0 Å². The normalized spacial score (nSPS) is 27.0. The summed E-state index contributed by atoms with van der Waals surface area (Å²) in [5, 5.41) is 0. The predicted molar refractivity (Wildman–Crippen MR) is 61.5 cm³/mol. The first-order valence-electron chi connectivity index (χ1n) is 5.79. The maximum atomic E-state index is 5.56. The molecule has 1 heterocycles. The van der Waals surface area contributed by atoms with Crippen molar-refractivity contribution in [3.63, 3.8) is 0 Å². The molecule has 6 nitrogen and oxygen atoms in total. The Morgan fingerprint density at radius 3 is 2.24 bits per heavy atom. The summed E-state index contributed by atoms with van der Waals surface area (Å²) in [6, 6.07) is 0. The van der Waals surface area contributed by atoms with Crippen LogP contribution < -0.4 is 5.73 Å². The van der Waals surface area contributed by atoms with Crippen molar-refractivity contribution in [2.45, 2.75) is 6.10 Å². The lowest BCUT2D eigenvalue weighted by atomic mass is 10.4. The summed E-state index contributed by atoms with van der Waals surface area (Å²) in [6.45, 7) is 3.95. The van der Waals surface area contributed by atoms with E-state index in [1.54, 1.807) is 0 Å². The summed E-state index contributed by atoms with van der Waals surface area (Å²) in [4.78, 5) is 0. The van der Waals surface area contributed by atoms with Crippen molar-refractivity contribution in [1.82, 2.24) is 0 Å². The zero-order valence-electron chi connectivity index (χ0n) is 10.0. The van der Waals surface area contributed by atoms with Crippen LogP contribution in [-0.4, -0.2) is 58.9 Å². The minimum Gasteiger partial charge on any atom is -0.496 e. The Morgan fingerprint density at radius 1 is 0.882 bits per heavy atom. The highest BCUT2D eigenvalue weighted by Crippen LogP contribution is 1.93. The molecule has 0 amide bonds. The molecule has 1 atom stereocenters. The van der Waals surface area contributed by atoms with Crippen LogP contribution in [-0.2, 0) is 23.7 Å². The van der Waals surface area contributed by atoms with Crippen LogP contribution in [0.3, 0.4) is 0 Å². The second-order valence-corrected chi connectivity index (χ2v) is 3.43. The third-order valence-electron chi connectivity index (χ3n) is 2.09. The van der Waals surface area contributed by atoms with E-state index in [1.807, 2.05) is 0 Å². The van der Waals surface area contributed by atoms with Crippen molar-refractivity contribution in [2.24, 2.45) is 5.73 Å². The second-order valence-electron chi connectivity index (χ2n) is 3.43. The third kappa shape index (κ3) is 7.98. The number of ether oxygens (including phenoxy) is 5. The van der Waals surface area contributed by atoms with Crippen LogP contribution in [0.4, 0.5) is 0 Å². The fraction of sp³-hybridized carbons (Fsp3) is 0.818. The minimum absolute atomic E-state index is 0.0875. The Labute approximate surface area is 102 Å². The first-order valence-corrected chi connectivity index (χ1v) is 5.79. The fourth-order valence-corrected chi connectivity index (χ4v) is 1.20. The molecule has 0 aliphatic carbocycles. The highest BCUT2D eigenvalue weighted by atomic mass is 16.6. The van der Waals surface area contributed by atoms with Gasteiger partial charge < -0.3 is 29.4 Å². The van der Waals surface area contributed by atoms with Crippen molar-refractivity contribution in [2.75, 3.05) is 52.8 Å². The lowest BCUT2D eigenvalue weighted by Crippen LogP contribution is -2.30. The Hall–Kier alpha value is -0.820. The van der Waals surface area contributed by atoms with Gasteiger partial charge in [0, 0.05) is 6.54 Å². The molecular formula is C11H21NO5. The van der Waals surface area contributed by atoms with Gasteiger partial charge in [0.25, 0.3) is 0 Å². The van der Waals surface area contributed by atoms with Gasteiger partial charge in [-0.2, -0.15) is 0 Å². The number of rotatable bonds is 1. The van der Waals surface area contributed by atoms with E-state index in [1.165, 1.54) is 12.5 Å². The summed E-state index contributed by atoms with van der Waals surface area (Å²) in [6.07, 6.45) is 2.91. The maximum absolute atomic E-state index is 5.56. The van der Waals surface area contributed by atoms with E-state index in [9.17, 15) is 0 Å². The highest BCUT2D eigenvalue weighted by molar-refractivity contribution is 4.61. The summed E-state index contributed by atoms with van der Waals surface area (Å²) < 4.78 is 26.4. The van der Waals surface area contributed by atoms with Crippen molar-refractivity contribution < 1.29 is 23.7 Å². The van der Waals surface area contributed by atoms with Crippen LogP contribution in [0.5, 0.6) is 0 Å². The molecule has 6 heteroatoms. The molecule has 17 heavy (non-hydrogen) atoms. The SMILES string of the molecule is NCC1COCCO/C=C\OCCOCCO1. The number of hydrogen-bond acceptors (Lipinski definition) is 6. The van der Waals surface area contributed by atoms with Crippen LogP contribution in [0, 0.1) is 0 Å². The average Bonchev–Trinajstić information content (AvgIpc) is 2.36. The largest absolute Gasteiger partial charge is 0.496 e. The topological polar surface area (TPSA) is 72.2 Å². The van der Waals surface area contributed by atoms with Gasteiger partial charge in [-0.25, -0.2) is 0 Å². The predicted octanol–water partition coefficient (Wildman–Crippen LogP) is -0.119. The Kier molecular flexibility index (Phi) is 8.66. The molecule has 1 unspecified atom stereocenters. The van der Waals surface area contributed by atoms with Crippen LogP contribution in [0.15, 0.2) is 12.5 Å². The zero-order valence-corrected chi connectivity index (χ0v) is 10.0. The molecule has 0 saturated heterocycles. The van der Waals surface area contributed by atoms with E-state index in [4.69, 9.17) is 29.4 Å².